The van der Waals surface area contributed by atoms with Crippen LogP contribution in [-0.2, 0) is 7.05 Å². The normalized spacial score (nSPS) is 27.9. The van der Waals surface area contributed by atoms with Crippen molar-refractivity contribution in [2.45, 2.75) is 32.7 Å². The molecule has 1 aliphatic rings. The average Bonchev–Trinajstić information content (AvgIpc) is 2.50. The molecule has 2 rings (SSSR count). The van der Waals surface area contributed by atoms with Crippen molar-refractivity contribution >= 4 is 0 Å². The number of methoxy groups -OCH3 is 1. The molecule has 1 heterocycles. The predicted octanol–water partition coefficient (Wildman–Crippen LogP) is 1.19. The molecule has 84 valence electrons. The first kappa shape index (κ1) is 10.5. The van der Waals surface area contributed by atoms with E-state index in [-0.39, 0.29) is 11.5 Å². The summed E-state index contributed by atoms with van der Waals surface area (Å²) in [6, 6.07) is 0.217. The van der Waals surface area contributed by atoms with Gasteiger partial charge in [0.1, 0.15) is 0 Å². The Morgan fingerprint density at radius 1 is 1.47 bits per heavy atom. The predicted molar refractivity (Wildman–Crippen MR) is 59.0 cm³/mol. The summed E-state index contributed by atoms with van der Waals surface area (Å²) >= 11 is 0. The maximum atomic E-state index is 6.09. The topological polar surface area (TPSA) is 53.1 Å². The molecule has 0 aromatic carbocycles. The van der Waals surface area contributed by atoms with E-state index >= 15 is 0 Å². The average molecular weight is 209 g/mol. The van der Waals surface area contributed by atoms with Crippen molar-refractivity contribution in [3.05, 3.63) is 11.3 Å². The van der Waals surface area contributed by atoms with Crippen LogP contribution >= 0.6 is 0 Å². The molecule has 2 atom stereocenters. The molecule has 15 heavy (non-hydrogen) atoms. The van der Waals surface area contributed by atoms with Crippen LogP contribution < -0.4 is 10.5 Å². The lowest BCUT2D eigenvalue weighted by Crippen LogP contribution is -2.06. The van der Waals surface area contributed by atoms with Crippen LogP contribution in [-0.4, -0.2) is 22.9 Å². The van der Waals surface area contributed by atoms with Crippen LogP contribution in [0.25, 0.3) is 0 Å². The van der Waals surface area contributed by atoms with Gasteiger partial charge in [0.15, 0.2) is 0 Å². The van der Waals surface area contributed by atoms with Crippen LogP contribution in [0.4, 0.5) is 0 Å². The summed E-state index contributed by atoms with van der Waals surface area (Å²) in [4.78, 5) is 0. The molecule has 1 fully saturated rings. The van der Waals surface area contributed by atoms with Crippen molar-refractivity contribution in [3.8, 4) is 5.88 Å². The Morgan fingerprint density at radius 3 is 2.40 bits per heavy atom. The zero-order valence-corrected chi connectivity index (χ0v) is 10.0. The molecule has 0 spiro atoms. The first-order chi connectivity index (χ1) is 6.91. The molecule has 0 amide bonds. The second-order valence-electron chi connectivity index (χ2n) is 4.96. The highest BCUT2D eigenvalue weighted by molar-refractivity contribution is 5.43. The Balaban J connectivity index is 2.46. The summed E-state index contributed by atoms with van der Waals surface area (Å²) in [5, 5.41) is 4.38. The standard InChI is InChI=1S/C11H19N3O/c1-6-7(8-9(12)11(8,2)3)10(15-5)14(4)13-6/h8-9H,12H2,1-5H3/t8-,9-/m0/s1. The van der Waals surface area contributed by atoms with E-state index < -0.39 is 0 Å². The van der Waals surface area contributed by atoms with Gasteiger partial charge in [-0.05, 0) is 12.3 Å². The van der Waals surface area contributed by atoms with E-state index in [1.807, 2.05) is 14.0 Å². The van der Waals surface area contributed by atoms with E-state index in [0.717, 1.165) is 11.6 Å². The monoisotopic (exact) mass is 209 g/mol. The Labute approximate surface area is 90.4 Å². The molecule has 4 nitrogen and oxygen atoms in total. The summed E-state index contributed by atoms with van der Waals surface area (Å²) in [5.41, 5.74) is 8.46. The van der Waals surface area contributed by atoms with Gasteiger partial charge in [0.05, 0.1) is 12.8 Å². The van der Waals surface area contributed by atoms with Crippen molar-refractivity contribution < 1.29 is 4.74 Å². The number of hydrogen-bond donors (Lipinski definition) is 1. The minimum absolute atomic E-state index is 0.168. The second-order valence-corrected chi connectivity index (χ2v) is 4.96. The van der Waals surface area contributed by atoms with Gasteiger partial charge >= 0.3 is 0 Å². The number of ether oxygens (including phenoxy) is 1. The van der Waals surface area contributed by atoms with Gasteiger partial charge in [-0.25, -0.2) is 4.68 Å². The number of aromatic nitrogens is 2. The third-order valence-corrected chi connectivity index (χ3v) is 3.63. The largest absolute Gasteiger partial charge is 0.481 e. The summed E-state index contributed by atoms with van der Waals surface area (Å²) in [6.07, 6.45) is 0. The molecule has 1 aromatic heterocycles. The molecule has 0 aliphatic heterocycles. The van der Waals surface area contributed by atoms with E-state index in [0.29, 0.717) is 5.92 Å². The molecule has 0 unspecified atom stereocenters. The lowest BCUT2D eigenvalue weighted by Gasteiger charge is -2.05. The number of aryl methyl sites for hydroxylation is 2. The second kappa shape index (κ2) is 2.98. The van der Waals surface area contributed by atoms with Gasteiger partial charge in [0, 0.05) is 24.6 Å². The van der Waals surface area contributed by atoms with Gasteiger partial charge in [-0.15, -0.1) is 0 Å². The quantitative estimate of drug-likeness (QED) is 0.796. The number of nitrogens with two attached hydrogens (primary N) is 1. The lowest BCUT2D eigenvalue weighted by atomic mass is 10.0. The van der Waals surface area contributed by atoms with Crippen molar-refractivity contribution in [1.29, 1.82) is 0 Å². The maximum Gasteiger partial charge on any atom is 0.215 e. The Hall–Kier alpha value is -1.03. The van der Waals surface area contributed by atoms with Crippen molar-refractivity contribution in [3.63, 3.8) is 0 Å². The molecule has 4 heteroatoms. The van der Waals surface area contributed by atoms with Crippen LogP contribution in [0.1, 0.15) is 31.0 Å². The number of hydrogen-bond acceptors (Lipinski definition) is 3. The van der Waals surface area contributed by atoms with E-state index in [9.17, 15) is 0 Å². The fourth-order valence-corrected chi connectivity index (χ4v) is 2.48. The summed E-state index contributed by atoms with van der Waals surface area (Å²) < 4.78 is 7.17. The van der Waals surface area contributed by atoms with Gasteiger partial charge in [-0.1, -0.05) is 13.8 Å². The first-order valence-corrected chi connectivity index (χ1v) is 5.24. The number of rotatable bonds is 2. The molecule has 0 bridgehead atoms. The Morgan fingerprint density at radius 2 is 2.00 bits per heavy atom. The molecular weight excluding hydrogens is 190 g/mol. The fourth-order valence-electron chi connectivity index (χ4n) is 2.48. The highest BCUT2D eigenvalue weighted by atomic mass is 16.5. The van der Waals surface area contributed by atoms with Gasteiger partial charge < -0.3 is 10.5 Å². The van der Waals surface area contributed by atoms with Gasteiger partial charge in [0.25, 0.3) is 0 Å². The third-order valence-electron chi connectivity index (χ3n) is 3.63. The van der Waals surface area contributed by atoms with Crippen LogP contribution in [0.5, 0.6) is 5.88 Å². The molecule has 2 N–H and O–H groups in total. The number of nitrogens with zero attached hydrogens (tertiary/aromatic N) is 2. The van der Waals surface area contributed by atoms with E-state index in [1.165, 1.54) is 5.56 Å². The van der Waals surface area contributed by atoms with Crippen molar-refractivity contribution in [1.82, 2.24) is 9.78 Å². The molecule has 1 aliphatic carbocycles. The van der Waals surface area contributed by atoms with E-state index in [4.69, 9.17) is 10.5 Å². The van der Waals surface area contributed by atoms with Crippen LogP contribution in [0, 0.1) is 12.3 Å². The van der Waals surface area contributed by atoms with E-state index in [1.54, 1.807) is 11.8 Å². The molecule has 1 aromatic rings. The maximum absolute atomic E-state index is 6.09. The summed E-state index contributed by atoms with van der Waals surface area (Å²) in [5.74, 6) is 1.22. The van der Waals surface area contributed by atoms with Gasteiger partial charge in [0.2, 0.25) is 5.88 Å². The summed E-state index contributed by atoms with van der Waals surface area (Å²) in [6.45, 7) is 6.39. The lowest BCUT2D eigenvalue weighted by molar-refractivity contribution is 0.368. The highest BCUT2D eigenvalue weighted by Crippen LogP contribution is 2.59. The summed E-state index contributed by atoms with van der Waals surface area (Å²) in [7, 11) is 3.58. The Bertz CT molecular complexity index is 395. The molecule has 0 saturated heterocycles. The SMILES string of the molecule is COc1c([C@H]2[C@H](N)C2(C)C)c(C)nn1C. The van der Waals surface area contributed by atoms with Gasteiger partial charge in [-0.3, -0.25) is 0 Å². The third kappa shape index (κ3) is 1.28. The minimum Gasteiger partial charge on any atom is -0.481 e. The zero-order valence-electron chi connectivity index (χ0n) is 10.0. The fraction of sp³-hybridized carbons (Fsp3) is 0.727. The first-order valence-electron chi connectivity index (χ1n) is 5.24. The van der Waals surface area contributed by atoms with Crippen molar-refractivity contribution in [2.24, 2.45) is 18.2 Å². The highest BCUT2D eigenvalue weighted by Gasteiger charge is 2.58. The minimum atomic E-state index is 0.168. The van der Waals surface area contributed by atoms with Gasteiger partial charge in [-0.2, -0.15) is 5.10 Å². The Kier molecular flexibility index (Phi) is 2.08. The molecule has 0 radical (unpaired) electrons. The zero-order chi connectivity index (χ0) is 11.4. The van der Waals surface area contributed by atoms with Crippen LogP contribution in [0.3, 0.4) is 0 Å². The molecule has 1 saturated carbocycles. The van der Waals surface area contributed by atoms with E-state index in [2.05, 4.69) is 18.9 Å². The van der Waals surface area contributed by atoms with Crippen LogP contribution in [0.2, 0.25) is 0 Å². The molecular formula is C11H19N3O. The van der Waals surface area contributed by atoms with Crippen molar-refractivity contribution in [2.75, 3.05) is 7.11 Å². The smallest absolute Gasteiger partial charge is 0.215 e. The van der Waals surface area contributed by atoms with Crippen LogP contribution in [0.15, 0.2) is 0 Å².